The SMILES string of the molecule is CCOC(=O)c1sc(NC(=O)C2Cc3cc(Cl)ccc3O2)nc1-c1ccccc1. The molecule has 1 N–H and O–H groups in total. The van der Waals surface area contributed by atoms with Crippen molar-refractivity contribution in [2.45, 2.75) is 19.4 Å². The number of esters is 1. The van der Waals surface area contributed by atoms with Gasteiger partial charge < -0.3 is 9.47 Å². The summed E-state index contributed by atoms with van der Waals surface area (Å²) in [6.07, 6.45) is -0.262. The van der Waals surface area contributed by atoms with E-state index < -0.39 is 12.1 Å². The second-order valence-electron chi connectivity index (χ2n) is 6.34. The van der Waals surface area contributed by atoms with Crippen LogP contribution < -0.4 is 10.1 Å². The molecule has 1 amide bonds. The standard InChI is InChI=1S/C21H17ClN2O4S/c1-2-27-20(26)18-17(12-6-4-3-5-7-12)23-21(29-18)24-19(25)16-11-13-10-14(22)8-9-15(13)28-16/h3-10,16H,2,11H2,1H3,(H,23,24,25). The molecule has 29 heavy (non-hydrogen) atoms. The lowest BCUT2D eigenvalue weighted by Crippen LogP contribution is -2.31. The Labute approximate surface area is 176 Å². The Hall–Kier alpha value is -2.90. The Bertz CT molecular complexity index is 1070. The zero-order valence-corrected chi connectivity index (χ0v) is 17.0. The van der Waals surface area contributed by atoms with Crippen molar-refractivity contribution in [3.8, 4) is 17.0 Å². The number of hydrogen-bond acceptors (Lipinski definition) is 6. The van der Waals surface area contributed by atoms with Gasteiger partial charge >= 0.3 is 5.97 Å². The number of amides is 1. The molecule has 0 saturated carbocycles. The van der Waals surface area contributed by atoms with E-state index in [-0.39, 0.29) is 12.5 Å². The van der Waals surface area contributed by atoms with Gasteiger partial charge in [-0.05, 0) is 30.7 Å². The van der Waals surface area contributed by atoms with Crippen LogP contribution in [0, 0.1) is 0 Å². The number of carbonyl (C=O) groups excluding carboxylic acids is 2. The first-order valence-electron chi connectivity index (χ1n) is 9.04. The van der Waals surface area contributed by atoms with Gasteiger partial charge in [0.2, 0.25) is 0 Å². The third kappa shape index (κ3) is 4.11. The van der Waals surface area contributed by atoms with Crippen LogP contribution in [0.25, 0.3) is 11.3 Å². The van der Waals surface area contributed by atoms with Crippen LogP contribution in [0.5, 0.6) is 5.75 Å². The monoisotopic (exact) mass is 428 g/mol. The number of hydrogen-bond donors (Lipinski definition) is 1. The Morgan fingerprint density at radius 1 is 1.28 bits per heavy atom. The fourth-order valence-electron chi connectivity index (χ4n) is 3.05. The number of thiazole rings is 1. The quantitative estimate of drug-likeness (QED) is 0.602. The summed E-state index contributed by atoms with van der Waals surface area (Å²) in [6.45, 7) is 1.99. The maximum Gasteiger partial charge on any atom is 0.350 e. The van der Waals surface area contributed by atoms with Gasteiger partial charge in [0.15, 0.2) is 11.2 Å². The highest BCUT2D eigenvalue weighted by Crippen LogP contribution is 2.34. The van der Waals surface area contributed by atoms with E-state index in [0.29, 0.717) is 32.9 Å². The maximum atomic E-state index is 12.7. The highest BCUT2D eigenvalue weighted by Gasteiger charge is 2.30. The number of aromatic nitrogens is 1. The molecule has 148 valence electrons. The van der Waals surface area contributed by atoms with E-state index in [1.807, 2.05) is 30.3 Å². The maximum absolute atomic E-state index is 12.7. The number of rotatable bonds is 5. The summed E-state index contributed by atoms with van der Waals surface area (Å²) in [5, 5.41) is 3.68. The molecule has 4 rings (SSSR count). The van der Waals surface area contributed by atoms with E-state index in [9.17, 15) is 9.59 Å². The number of nitrogens with zero attached hydrogens (tertiary/aromatic N) is 1. The van der Waals surface area contributed by atoms with Crippen molar-refractivity contribution in [2.24, 2.45) is 0 Å². The summed E-state index contributed by atoms with van der Waals surface area (Å²) in [7, 11) is 0. The lowest BCUT2D eigenvalue weighted by molar-refractivity contribution is -0.122. The molecule has 0 radical (unpaired) electrons. The summed E-state index contributed by atoms with van der Waals surface area (Å²) in [6, 6.07) is 14.6. The summed E-state index contributed by atoms with van der Waals surface area (Å²) in [5.74, 6) is -0.157. The third-order valence-electron chi connectivity index (χ3n) is 4.35. The molecule has 0 fully saturated rings. The molecular formula is C21H17ClN2O4S. The van der Waals surface area contributed by atoms with Gasteiger partial charge in [-0.2, -0.15) is 0 Å². The Balaban J connectivity index is 1.56. The van der Waals surface area contributed by atoms with E-state index in [2.05, 4.69) is 10.3 Å². The van der Waals surface area contributed by atoms with Crippen LogP contribution >= 0.6 is 22.9 Å². The van der Waals surface area contributed by atoms with Crippen LogP contribution in [-0.2, 0) is 16.0 Å². The number of ether oxygens (including phenoxy) is 2. The number of anilines is 1. The first kappa shape index (κ1) is 19.4. The van der Waals surface area contributed by atoms with E-state index in [1.54, 1.807) is 25.1 Å². The van der Waals surface area contributed by atoms with Gasteiger partial charge in [-0.25, -0.2) is 9.78 Å². The summed E-state index contributed by atoms with van der Waals surface area (Å²) >= 11 is 7.09. The number of fused-ring (bicyclic) bond motifs is 1. The van der Waals surface area contributed by atoms with Crippen molar-refractivity contribution >= 4 is 39.9 Å². The normalized spacial score (nSPS) is 14.8. The minimum atomic E-state index is -0.682. The van der Waals surface area contributed by atoms with Crippen molar-refractivity contribution in [1.82, 2.24) is 4.98 Å². The smallest absolute Gasteiger partial charge is 0.350 e. The zero-order valence-electron chi connectivity index (χ0n) is 15.5. The largest absolute Gasteiger partial charge is 0.480 e. The van der Waals surface area contributed by atoms with E-state index in [1.165, 1.54) is 0 Å². The van der Waals surface area contributed by atoms with Gasteiger partial charge in [-0.3, -0.25) is 10.1 Å². The van der Waals surface area contributed by atoms with Crippen LogP contribution in [-0.4, -0.2) is 29.6 Å². The summed E-state index contributed by atoms with van der Waals surface area (Å²) in [5.41, 5.74) is 2.13. The Morgan fingerprint density at radius 2 is 2.07 bits per heavy atom. The summed E-state index contributed by atoms with van der Waals surface area (Å²) < 4.78 is 10.9. The second kappa shape index (κ2) is 8.23. The van der Waals surface area contributed by atoms with Crippen LogP contribution in [0.1, 0.15) is 22.2 Å². The topological polar surface area (TPSA) is 77.5 Å². The van der Waals surface area contributed by atoms with Crippen LogP contribution in [0.3, 0.4) is 0 Å². The van der Waals surface area contributed by atoms with Gasteiger partial charge in [-0.1, -0.05) is 53.3 Å². The molecule has 2 heterocycles. The average molecular weight is 429 g/mol. The number of halogens is 1. The first-order chi connectivity index (χ1) is 14.0. The lowest BCUT2D eigenvalue weighted by atomic mass is 10.1. The molecular weight excluding hydrogens is 412 g/mol. The highest BCUT2D eigenvalue weighted by molar-refractivity contribution is 7.18. The predicted octanol–water partition coefficient (Wildman–Crippen LogP) is 4.58. The molecule has 1 aliphatic heterocycles. The summed E-state index contributed by atoms with van der Waals surface area (Å²) in [4.78, 5) is 29.9. The first-order valence-corrected chi connectivity index (χ1v) is 10.2. The fraction of sp³-hybridized carbons (Fsp3) is 0.190. The van der Waals surface area contributed by atoms with Crippen molar-refractivity contribution in [3.63, 3.8) is 0 Å². The van der Waals surface area contributed by atoms with Crippen molar-refractivity contribution in [3.05, 3.63) is 64.0 Å². The molecule has 1 atom stereocenters. The number of benzene rings is 2. The van der Waals surface area contributed by atoms with Crippen LogP contribution in [0.4, 0.5) is 5.13 Å². The molecule has 0 spiro atoms. The molecule has 2 aromatic carbocycles. The lowest BCUT2D eigenvalue weighted by Gasteiger charge is -2.09. The number of carbonyl (C=O) groups is 2. The molecule has 1 aliphatic rings. The Morgan fingerprint density at radius 3 is 2.83 bits per heavy atom. The van der Waals surface area contributed by atoms with E-state index >= 15 is 0 Å². The van der Waals surface area contributed by atoms with Gasteiger partial charge in [0.1, 0.15) is 10.6 Å². The molecule has 3 aromatic rings. The van der Waals surface area contributed by atoms with Gasteiger partial charge in [0.25, 0.3) is 5.91 Å². The van der Waals surface area contributed by atoms with E-state index in [4.69, 9.17) is 21.1 Å². The molecule has 0 saturated heterocycles. The number of nitrogens with one attached hydrogen (secondary N) is 1. The van der Waals surface area contributed by atoms with E-state index in [0.717, 1.165) is 22.5 Å². The average Bonchev–Trinajstić information content (AvgIpc) is 3.33. The fourth-order valence-corrected chi connectivity index (χ4v) is 4.13. The molecule has 0 bridgehead atoms. The second-order valence-corrected chi connectivity index (χ2v) is 7.77. The van der Waals surface area contributed by atoms with Crippen molar-refractivity contribution < 1.29 is 19.1 Å². The van der Waals surface area contributed by atoms with Crippen LogP contribution in [0.15, 0.2) is 48.5 Å². The molecule has 8 heteroatoms. The van der Waals surface area contributed by atoms with Gasteiger partial charge in [0.05, 0.1) is 12.3 Å². The highest BCUT2D eigenvalue weighted by atomic mass is 35.5. The molecule has 1 aromatic heterocycles. The van der Waals surface area contributed by atoms with Crippen molar-refractivity contribution in [1.29, 1.82) is 0 Å². The van der Waals surface area contributed by atoms with Crippen LogP contribution in [0.2, 0.25) is 5.02 Å². The van der Waals surface area contributed by atoms with Crippen molar-refractivity contribution in [2.75, 3.05) is 11.9 Å². The minimum absolute atomic E-state index is 0.253. The minimum Gasteiger partial charge on any atom is -0.480 e. The Kier molecular flexibility index (Phi) is 5.51. The third-order valence-corrected chi connectivity index (χ3v) is 5.54. The molecule has 1 unspecified atom stereocenters. The zero-order chi connectivity index (χ0) is 20.4. The van der Waals surface area contributed by atoms with Gasteiger partial charge in [0, 0.05) is 17.0 Å². The predicted molar refractivity (Wildman–Crippen MR) is 112 cm³/mol. The molecule has 6 nitrogen and oxygen atoms in total. The van der Waals surface area contributed by atoms with Gasteiger partial charge in [-0.15, -0.1) is 0 Å². The molecule has 0 aliphatic carbocycles.